The molecule has 1 heterocycles. The third-order valence-electron chi connectivity index (χ3n) is 2.65. The molecule has 1 aromatic carbocycles. The lowest BCUT2D eigenvalue weighted by Crippen LogP contribution is -2.08. The van der Waals surface area contributed by atoms with Crippen molar-refractivity contribution in [1.82, 2.24) is 9.78 Å². The Kier molecular flexibility index (Phi) is 3.37. The van der Waals surface area contributed by atoms with Gasteiger partial charge in [-0.15, -0.1) is 4.91 Å². The number of nitrogens with zero attached hydrogens (tertiary/aromatic N) is 3. The second kappa shape index (κ2) is 4.97. The van der Waals surface area contributed by atoms with Gasteiger partial charge in [0.1, 0.15) is 11.5 Å². The van der Waals surface area contributed by atoms with Gasteiger partial charge in [-0.25, -0.2) is 9.18 Å². The summed E-state index contributed by atoms with van der Waals surface area (Å²) in [4.78, 5) is 22.0. The largest absolute Gasteiger partial charge is 0.476 e. The molecule has 0 radical (unpaired) electrons. The van der Waals surface area contributed by atoms with E-state index in [1.165, 1.54) is 18.2 Å². The van der Waals surface area contributed by atoms with Crippen molar-refractivity contribution in [2.45, 2.75) is 13.5 Å². The molecule has 0 bridgehead atoms. The van der Waals surface area contributed by atoms with Crippen LogP contribution in [0.1, 0.15) is 17.4 Å². The molecule has 0 spiro atoms. The summed E-state index contributed by atoms with van der Waals surface area (Å²) in [6.07, 6.45) is 0. The van der Waals surface area contributed by atoms with Gasteiger partial charge >= 0.3 is 5.97 Å². The van der Waals surface area contributed by atoms with E-state index in [2.05, 4.69) is 10.3 Å². The van der Waals surface area contributed by atoms with Gasteiger partial charge in [-0.3, -0.25) is 4.68 Å². The third kappa shape index (κ3) is 2.10. The van der Waals surface area contributed by atoms with E-state index in [9.17, 15) is 14.1 Å². The normalized spacial score (nSPS) is 10.4. The van der Waals surface area contributed by atoms with Crippen molar-refractivity contribution in [3.05, 3.63) is 40.7 Å². The molecule has 0 aliphatic carbocycles. The molecule has 1 aromatic heterocycles. The third-order valence-corrected chi connectivity index (χ3v) is 2.65. The van der Waals surface area contributed by atoms with Crippen molar-refractivity contribution >= 4 is 11.7 Å². The minimum absolute atomic E-state index is 0.0480. The van der Waals surface area contributed by atoms with E-state index in [0.717, 1.165) is 4.68 Å². The lowest BCUT2D eigenvalue weighted by atomic mass is 10.1. The number of hydrogen-bond acceptors (Lipinski definition) is 4. The van der Waals surface area contributed by atoms with Gasteiger partial charge in [-0.1, -0.05) is 12.1 Å². The van der Waals surface area contributed by atoms with Crippen molar-refractivity contribution in [2.24, 2.45) is 5.18 Å². The fourth-order valence-corrected chi connectivity index (χ4v) is 1.81. The predicted molar refractivity (Wildman–Crippen MR) is 65.7 cm³/mol. The average molecular weight is 263 g/mol. The van der Waals surface area contributed by atoms with E-state index in [1.807, 2.05) is 0 Å². The van der Waals surface area contributed by atoms with Crippen molar-refractivity contribution in [1.29, 1.82) is 0 Å². The standard InChI is InChI=1S/C12H10FN3O3/c1-2-16-11(12(17)18)10(15-19)9(14-16)7-5-3-4-6-8(7)13/h3-6H,2H2,1H3,(H,17,18). The number of carboxylic acids is 1. The summed E-state index contributed by atoms with van der Waals surface area (Å²) in [6, 6.07) is 5.67. The van der Waals surface area contributed by atoms with Gasteiger partial charge in [0.2, 0.25) is 0 Å². The first-order valence-corrected chi connectivity index (χ1v) is 5.52. The number of carbonyl (C=O) groups is 1. The maximum Gasteiger partial charge on any atom is 0.356 e. The number of hydrogen-bond donors (Lipinski definition) is 1. The smallest absolute Gasteiger partial charge is 0.356 e. The number of halogens is 1. The summed E-state index contributed by atoms with van der Waals surface area (Å²) < 4.78 is 14.8. The molecule has 0 atom stereocenters. The second-order valence-corrected chi connectivity index (χ2v) is 3.74. The fraction of sp³-hybridized carbons (Fsp3) is 0.167. The van der Waals surface area contributed by atoms with Crippen LogP contribution in [0.3, 0.4) is 0 Å². The molecule has 0 fully saturated rings. The van der Waals surface area contributed by atoms with Crippen molar-refractivity contribution in [3.63, 3.8) is 0 Å². The first-order valence-electron chi connectivity index (χ1n) is 5.52. The van der Waals surface area contributed by atoms with Crippen molar-refractivity contribution in [3.8, 4) is 11.3 Å². The Hall–Kier alpha value is -2.57. The van der Waals surface area contributed by atoms with Gasteiger partial charge < -0.3 is 5.11 Å². The zero-order valence-electron chi connectivity index (χ0n) is 10.00. The van der Waals surface area contributed by atoms with Crippen LogP contribution < -0.4 is 0 Å². The highest BCUT2D eigenvalue weighted by Crippen LogP contribution is 2.34. The molecule has 1 N–H and O–H groups in total. The monoisotopic (exact) mass is 263 g/mol. The van der Waals surface area contributed by atoms with Gasteiger partial charge in [-0.2, -0.15) is 5.10 Å². The van der Waals surface area contributed by atoms with Crippen LogP contribution in [0.2, 0.25) is 0 Å². The number of aromatic nitrogens is 2. The molecule has 7 heteroatoms. The van der Waals surface area contributed by atoms with Crippen LogP contribution in [0.25, 0.3) is 11.3 Å². The molecular weight excluding hydrogens is 253 g/mol. The topological polar surface area (TPSA) is 84.5 Å². The van der Waals surface area contributed by atoms with Gasteiger partial charge in [0.05, 0.1) is 0 Å². The zero-order chi connectivity index (χ0) is 14.0. The quantitative estimate of drug-likeness (QED) is 0.859. The zero-order valence-corrected chi connectivity index (χ0v) is 10.00. The van der Waals surface area contributed by atoms with Crippen LogP contribution in [0.5, 0.6) is 0 Å². The summed E-state index contributed by atoms with van der Waals surface area (Å²) in [5.74, 6) is -1.92. The van der Waals surface area contributed by atoms with Crippen molar-refractivity contribution in [2.75, 3.05) is 0 Å². The molecule has 0 saturated heterocycles. The first-order chi connectivity index (χ1) is 9.10. The minimum Gasteiger partial charge on any atom is -0.476 e. The Morgan fingerprint density at radius 1 is 1.47 bits per heavy atom. The van der Waals surface area contributed by atoms with Crippen LogP contribution in [0.15, 0.2) is 29.4 Å². The minimum atomic E-state index is -1.33. The van der Waals surface area contributed by atoms with E-state index in [0.29, 0.717) is 0 Å². The fourth-order valence-electron chi connectivity index (χ4n) is 1.81. The number of carboxylic acid groups (broad SMARTS) is 1. The molecule has 2 aromatic rings. The SMILES string of the molecule is CCn1nc(-c2ccccc2F)c(N=O)c1C(=O)O. The molecule has 0 aliphatic rings. The Balaban J connectivity index is 2.75. The Morgan fingerprint density at radius 3 is 2.68 bits per heavy atom. The van der Waals surface area contributed by atoms with Gasteiger partial charge in [-0.05, 0) is 24.2 Å². The van der Waals surface area contributed by atoms with E-state index in [1.54, 1.807) is 13.0 Å². The van der Waals surface area contributed by atoms with Crippen LogP contribution in [-0.4, -0.2) is 20.9 Å². The van der Waals surface area contributed by atoms with E-state index >= 15 is 0 Å². The summed E-state index contributed by atoms with van der Waals surface area (Å²) in [5.41, 5.74) is -0.714. The molecule has 19 heavy (non-hydrogen) atoms. The highest BCUT2D eigenvalue weighted by atomic mass is 19.1. The molecule has 0 aliphatic heterocycles. The lowest BCUT2D eigenvalue weighted by molar-refractivity contribution is 0.0684. The van der Waals surface area contributed by atoms with Crippen molar-refractivity contribution < 1.29 is 14.3 Å². The summed E-state index contributed by atoms with van der Waals surface area (Å²) >= 11 is 0. The highest BCUT2D eigenvalue weighted by molar-refractivity contribution is 5.95. The molecule has 6 nitrogen and oxygen atoms in total. The van der Waals surface area contributed by atoms with E-state index < -0.39 is 11.8 Å². The highest BCUT2D eigenvalue weighted by Gasteiger charge is 2.25. The molecule has 2 rings (SSSR count). The number of rotatable bonds is 4. The lowest BCUT2D eigenvalue weighted by Gasteiger charge is -1.98. The maximum absolute atomic E-state index is 13.7. The Labute approximate surface area is 107 Å². The average Bonchev–Trinajstić information content (AvgIpc) is 2.77. The molecule has 98 valence electrons. The summed E-state index contributed by atoms with van der Waals surface area (Å²) in [7, 11) is 0. The first kappa shape index (κ1) is 12.9. The summed E-state index contributed by atoms with van der Waals surface area (Å²) in [5, 5.41) is 15.7. The number of aromatic carboxylic acids is 1. The predicted octanol–water partition coefficient (Wildman–Crippen LogP) is 2.81. The molecule has 0 unspecified atom stereocenters. The van der Waals surface area contributed by atoms with Gasteiger partial charge in [0.25, 0.3) is 0 Å². The number of benzene rings is 1. The Bertz CT molecular complexity index is 652. The van der Waals surface area contributed by atoms with Gasteiger partial charge in [0.15, 0.2) is 11.4 Å². The van der Waals surface area contributed by atoms with Crippen LogP contribution in [-0.2, 0) is 6.54 Å². The van der Waals surface area contributed by atoms with E-state index in [4.69, 9.17) is 5.11 Å². The maximum atomic E-state index is 13.7. The van der Waals surface area contributed by atoms with E-state index in [-0.39, 0.29) is 29.2 Å². The molecule has 0 saturated carbocycles. The van der Waals surface area contributed by atoms with Gasteiger partial charge in [0, 0.05) is 12.1 Å². The summed E-state index contributed by atoms with van der Waals surface area (Å²) in [6.45, 7) is 1.90. The van der Waals surface area contributed by atoms with Crippen LogP contribution in [0, 0.1) is 10.7 Å². The number of nitroso groups, excluding NO2 is 1. The Morgan fingerprint density at radius 2 is 2.16 bits per heavy atom. The molecule has 0 amide bonds. The molecular formula is C12H10FN3O3. The van der Waals surface area contributed by atoms with Crippen LogP contribution in [0.4, 0.5) is 10.1 Å². The second-order valence-electron chi connectivity index (χ2n) is 3.74. The van der Waals surface area contributed by atoms with Crippen LogP contribution >= 0.6 is 0 Å². The number of aryl methyl sites for hydroxylation is 1.